The van der Waals surface area contributed by atoms with Crippen LogP contribution in [0.4, 0.5) is 11.5 Å². The molecule has 184 valence electrons. The van der Waals surface area contributed by atoms with E-state index in [1.165, 1.54) is 12.5 Å². The molecule has 10 heteroatoms. The van der Waals surface area contributed by atoms with E-state index in [1.54, 1.807) is 17.6 Å². The summed E-state index contributed by atoms with van der Waals surface area (Å²) >= 11 is 1.58. The number of benzene rings is 2. The standard InChI is InChI=1S/C26H26N6O3S/c1-15(10-33)28-9-18(8-27)17-5-22-25(23(6-17)35-16(2)19-11-34-12-19)26(30-13-29-22)32-20-3-4-21-24(7-20)36-14-31-21/h3-9,13-15,33H,10-12,27H2,1-2H3,(H,29,30,32)/b18-8+,28-9?/t15-/m0/s1. The highest BCUT2D eigenvalue weighted by molar-refractivity contribution is 7.16. The molecule has 0 unspecified atom stereocenters. The molecule has 0 bridgehead atoms. The molecule has 1 aliphatic heterocycles. The van der Waals surface area contributed by atoms with Crippen LogP contribution in [0, 0.1) is 0 Å². The van der Waals surface area contributed by atoms with Crippen molar-refractivity contribution in [2.75, 3.05) is 25.1 Å². The molecule has 9 nitrogen and oxygen atoms in total. The molecule has 0 aliphatic carbocycles. The van der Waals surface area contributed by atoms with E-state index >= 15 is 0 Å². The molecule has 3 heterocycles. The highest BCUT2D eigenvalue weighted by Gasteiger charge is 2.19. The number of aliphatic hydroxyl groups excluding tert-OH is 1. The van der Waals surface area contributed by atoms with Crippen molar-refractivity contribution < 1.29 is 14.6 Å². The molecule has 4 N–H and O–H groups in total. The Labute approximate surface area is 212 Å². The zero-order valence-corrected chi connectivity index (χ0v) is 20.7. The third-order valence-corrected chi connectivity index (χ3v) is 6.65. The van der Waals surface area contributed by atoms with Gasteiger partial charge in [-0.3, -0.25) is 4.99 Å². The van der Waals surface area contributed by atoms with Crippen molar-refractivity contribution in [3.05, 3.63) is 65.3 Å². The van der Waals surface area contributed by atoms with Gasteiger partial charge in [0.25, 0.3) is 0 Å². The van der Waals surface area contributed by atoms with Gasteiger partial charge in [0.1, 0.15) is 23.7 Å². The number of nitrogens with zero attached hydrogens (tertiary/aromatic N) is 4. The van der Waals surface area contributed by atoms with Gasteiger partial charge >= 0.3 is 0 Å². The van der Waals surface area contributed by atoms with Crippen LogP contribution in [0.2, 0.25) is 0 Å². The van der Waals surface area contributed by atoms with Gasteiger partial charge in [-0.2, -0.15) is 0 Å². The Morgan fingerprint density at radius 1 is 1.25 bits per heavy atom. The molecule has 1 atom stereocenters. The van der Waals surface area contributed by atoms with E-state index in [0.29, 0.717) is 35.9 Å². The van der Waals surface area contributed by atoms with E-state index in [1.807, 2.05) is 49.7 Å². The topological polar surface area (TPSA) is 128 Å². The minimum atomic E-state index is -0.240. The number of hydrogen-bond donors (Lipinski definition) is 3. The molecule has 1 saturated heterocycles. The van der Waals surface area contributed by atoms with Gasteiger partial charge in [-0.25, -0.2) is 15.0 Å². The monoisotopic (exact) mass is 502 g/mol. The number of rotatable bonds is 8. The van der Waals surface area contributed by atoms with Crippen molar-refractivity contribution in [2.24, 2.45) is 10.7 Å². The molecular formula is C26H26N6O3S. The van der Waals surface area contributed by atoms with Gasteiger partial charge in [-0.1, -0.05) is 0 Å². The quantitative estimate of drug-likeness (QED) is 0.239. The van der Waals surface area contributed by atoms with Crippen molar-refractivity contribution in [1.29, 1.82) is 0 Å². The highest BCUT2D eigenvalue weighted by Crippen LogP contribution is 2.36. The fourth-order valence-electron chi connectivity index (χ4n) is 3.68. The fourth-order valence-corrected chi connectivity index (χ4v) is 4.39. The highest BCUT2D eigenvalue weighted by atomic mass is 32.1. The van der Waals surface area contributed by atoms with Gasteiger partial charge in [0.15, 0.2) is 0 Å². The van der Waals surface area contributed by atoms with Crippen molar-refractivity contribution in [2.45, 2.75) is 19.9 Å². The van der Waals surface area contributed by atoms with Crippen molar-refractivity contribution in [1.82, 2.24) is 15.0 Å². The Kier molecular flexibility index (Phi) is 6.90. The second-order valence-corrected chi connectivity index (χ2v) is 9.32. The van der Waals surface area contributed by atoms with E-state index in [-0.39, 0.29) is 12.6 Å². The molecule has 2 aromatic carbocycles. The molecule has 0 saturated carbocycles. The van der Waals surface area contributed by atoms with Gasteiger partial charge in [-0.15, -0.1) is 11.3 Å². The summed E-state index contributed by atoms with van der Waals surface area (Å²) in [5.74, 6) is 1.99. The number of ether oxygens (including phenoxy) is 2. The van der Waals surface area contributed by atoms with Gasteiger partial charge in [0, 0.05) is 29.2 Å². The predicted molar refractivity (Wildman–Crippen MR) is 144 cm³/mol. The van der Waals surface area contributed by atoms with Crippen LogP contribution in [0.3, 0.4) is 0 Å². The Morgan fingerprint density at radius 3 is 2.86 bits per heavy atom. The predicted octanol–water partition coefficient (Wildman–Crippen LogP) is 4.42. The Balaban J connectivity index is 1.61. The lowest BCUT2D eigenvalue weighted by atomic mass is 10.0. The number of anilines is 2. The molecule has 1 fully saturated rings. The number of hydrogen-bond acceptors (Lipinski definition) is 10. The largest absolute Gasteiger partial charge is 0.461 e. The maximum absolute atomic E-state index is 9.33. The summed E-state index contributed by atoms with van der Waals surface area (Å²) in [5, 5.41) is 13.5. The first-order chi connectivity index (χ1) is 17.6. The number of nitrogens with one attached hydrogen (secondary N) is 1. The van der Waals surface area contributed by atoms with Crippen molar-refractivity contribution >= 4 is 55.7 Å². The summed E-state index contributed by atoms with van der Waals surface area (Å²) < 4.78 is 12.8. The van der Waals surface area contributed by atoms with E-state index in [2.05, 4.69) is 25.3 Å². The van der Waals surface area contributed by atoms with Crippen LogP contribution in [0.15, 0.2) is 64.7 Å². The first-order valence-electron chi connectivity index (χ1n) is 11.4. The number of aliphatic imine (C=N–C) groups is 1. The van der Waals surface area contributed by atoms with Crippen LogP contribution >= 0.6 is 11.3 Å². The molecule has 0 spiro atoms. The molecule has 5 rings (SSSR count). The first kappa shape index (κ1) is 23.9. The van der Waals surface area contributed by atoms with E-state index in [0.717, 1.165) is 38.2 Å². The maximum atomic E-state index is 9.33. The number of nitrogens with two attached hydrogens (primary N) is 1. The second-order valence-electron chi connectivity index (χ2n) is 8.44. The molecule has 36 heavy (non-hydrogen) atoms. The SMILES string of the molecule is CC(Oc1cc(/C(C=N[C@@H](C)CO)=C/N)cc2ncnc(Nc3ccc4ncsc4c3)c12)=C1COC1. The Morgan fingerprint density at radius 2 is 2.11 bits per heavy atom. The van der Waals surface area contributed by atoms with E-state index < -0.39 is 0 Å². The average Bonchev–Trinajstić information content (AvgIpc) is 3.31. The summed E-state index contributed by atoms with van der Waals surface area (Å²) in [6.45, 7) is 4.81. The fraction of sp³-hybridized carbons (Fsp3) is 0.231. The number of thiazole rings is 1. The summed E-state index contributed by atoms with van der Waals surface area (Å²) in [6, 6.07) is 9.58. The zero-order chi connectivity index (χ0) is 25.1. The third kappa shape index (κ3) is 4.92. The lowest BCUT2D eigenvalue weighted by Crippen LogP contribution is -2.19. The average molecular weight is 503 g/mol. The van der Waals surface area contributed by atoms with E-state index in [4.69, 9.17) is 15.2 Å². The lowest BCUT2D eigenvalue weighted by molar-refractivity contribution is 0.0954. The normalized spacial score (nSPS) is 14.9. The van der Waals surface area contributed by atoms with Crippen LogP contribution in [0.5, 0.6) is 5.75 Å². The molecule has 4 aromatic rings. The summed E-state index contributed by atoms with van der Waals surface area (Å²) in [7, 11) is 0. The van der Waals surface area contributed by atoms with Gasteiger partial charge in [-0.05, 0) is 49.7 Å². The number of aliphatic hydroxyl groups is 1. The van der Waals surface area contributed by atoms with Crippen LogP contribution < -0.4 is 15.8 Å². The van der Waals surface area contributed by atoms with Gasteiger partial charge in [0.05, 0.1) is 52.5 Å². The maximum Gasteiger partial charge on any atom is 0.145 e. The smallest absolute Gasteiger partial charge is 0.145 e. The number of aromatic nitrogens is 3. The van der Waals surface area contributed by atoms with Crippen LogP contribution in [0.1, 0.15) is 19.4 Å². The number of fused-ring (bicyclic) bond motifs is 2. The Hall–Kier alpha value is -3.86. The minimum Gasteiger partial charge on any atom is -0.461 e. The first-order valence-corrected chi connectivity index (χ1v) is 12.3. The molecule has 0 amide bonds. The minimum absolute atomic E-state index is 0.0507. The lowest BCUT2D eigenvalue weighted by Gasteiger charge is -2.22. The molecule has 1 aliphatic rings. The molecule has 2 aromatic heterocycles. The third-order valence-electron chi connectivity index (χ3n) is 5.85. The van der Waals surface area contributed by atoms with Crippen LogP contribution in [-0.4, -0.2) is 52.1 Å². The number of allylic oxidation sites excluding steroid dienone is 2. The summed E-state index contributed by atoms with van der Waals surface area (Å²) in [4.78, 5) is 17.8. The van der Waals surface area contributed by atoms with Crippen molar-refractivity contribution in [3.63, 3.8) is 0 Å². The van der Waals surface area contributed by atoms with E-state index in [9.17, 15) is 5.11 Å². The van der Waals surface area contributed by atoms with Crippen LogP contribution in [0.25, 0.3) is 26.7 Å². The Bertz CT molecular complexity index is 1500. The second kappa shape index (κ2) is 10.4. The van der Waals surface area contributed by atoms with Gasteiger partial charge < -0.3 is 25.6 Å². The van der Waals surface area contributed by atoms with Crippen molar-refractivity contribution in [3.8, 4) is 5.75 Å². The van der Waals surface area contributed by atoms with Crippen LogP contribution in [-0.2, 0) is 4.74 Å². The zero-order valence-electron chi connectivity index (χ0n) is 19.9. The summed E-state index contributed by atoms with van der Waals surface area (Å²) in [6.07, 6.45) is 4.65. The molecular weight excluding hydrogens is 476 g/mol. The molecule has 0 radical (unpaired) electrons. The van der Waals surface area contributed by atoms with Gasteiger partial charge in [0.2, 0.25) is 0 Å². The summed E-state index contributed by atoms with van der Waals surface area (Å²) in [5.41, 5.74) is 12.9.